The van der Waals surface area contributed by atoms with E-state index in [1.165, 1.54) is 6.07 Å². The van der Waals surface area contributed by atoms with Crippen LogP contribution in [0.4, 0.5) is 4.39 Å². The lowest BCUT2D eigenvalue weighted by atomic mass is 10.1. The van der Waals surface area contributed by atoms with Crippen molar-refractivity contribution in [2.75, 3.05) is 20.1 Å². The van der Waals surface area contributed by atoms with Crippen molar-refractivity contribution in [3.63, 3.8) is 0 Å². The van der Waals surface area contributed by atoms with Gasteiger partial charge in [0.1, 0.15) is 5.82 Å². The molecule has 0 aliphatic carbocycles. The number of benzene rings is 1. The molecule has 0 aromatic heterocycles. The van der Waals surface area contributed by atoms with E-state index in [1.54, 1.807) is 17.0 Å². The molecule has 0 saturated carbocycles. The molecule has 1 amide bonds. The lowest BCUT2D eigenvalue weighted by molar-refractivity contribution is 0.0785. The zero-order chi connectivity index (χ0) is 12.4. The monoisotopic (exact) mass is 236 g/mol. The second-order valence-electron chi connectivity index (χ2n) is 4.51. The van der Waals surface area contributed by atoms with E-state index in [9.17, 15) is 9.18 Å². The predicted molar refractivity (Wildman–Crippen MR) is 64.5 cm³/mol. The smallest absolute Gasteiger partial charge is 0.256 e. The maximum atomic E-state index is 13.6. The van der Waals surface area contributed by atoms with Crippen LogP contribution < -0.4 is 5.32 Å². The number of amides is 1. The summed E-state index contributed by atoms with van der Waals surface area (Å²) in [6.07, 6.45) is 0.926. The maximum absolute atomic E-state index is 13.6. The first-order valence-corrected chi connectivity index (χ1v) is 5.84. The van der Waals surface area contributed by atoms with Crippen molar-refractivity contribution in [1.82, 2.24) is 10.2 Å². The Bertz CT molecular complexity index is 433. The van der Waals surface area contributed by atoms with Gasteiger partial charge in [-0.2, -0.15) is 0 Å². The summed E-state index contributed by atoms with van der Waals surface area (Å²) >= 11 is 0. The van der Waals surface area contributed by atoms with Crippen molar-refractivity contribution in [2.24, 2.45) is 0 Å². The Hall–Kier alpha value is -1.42. The molecule has 1 aromatic carbocycles. The van der Waals surface area contributed by atoms with Crippen molar-refractivity contribution in [3.05, 3.63) is 35.1 Å². The van der Waals surface area contributed by atoms with Crippen LogP contribution in [-0.2, 0) is 0 Å². The lowest BCUT2D eigenvalue weighted by Crippen LogP contribution is -2.33. The molecule has 1 fully saturated rings. The number of carbonyl (C=O) groups excluding carboxylic acids is 1. The second-order valence-corrected chi connectivity index (χ2v) is 4.51. The molecular formula is C13H17FN2O. The third-order valence-corrected chi connectivity index (χ3v) is 3.24. The molecule has 0 radical (unpaired) electrons. The first kappa shape index (κ1) is 12.0. The fourth-order valence-electron chi connectivity index (χ4n) is 2.15. The zero-order valence-corrected chi connectivity index (χ0v) is 10.2. The van der Waals surface area contributed by atoms with Gasteiger partial charge in [0.05, 0.1) is 5.56 Å². The average Bonchev–Trinajstić information content (AvgIpc) is 2.80. The molecule has 0 unspecified atom stereocenters. The summed E-state index contributed by atoms with van der Waals surface area (Å²) in [5, 5.41) is 3.14. The van der Waals surface area contributed by atoms with Crippen LogP contribution in [0.5, 0.6) is 0 Å². The molecule has 1 aromatic rings. The van der Waals surface area contributed by atoms with Crippen molar-refractivity contribution in [1.29, 1.82) is 0 Å². The highest BCUT2D eigenvalue weighted by atomic mass is 19.1. The van der Waals surface area contributed by atoms with E-state index in [4.69, 9.17) is 0 Å². The summed E-state index contributed by atoms with van der Waals surface area (Å²) in [4.78, 5) is 13.8. The Morgan fingerprint density at radius 2 is 2.29 bits per heavy atom. The van der Waals surface area contributed by atoms with Crippen molar-refractivity contribution in [2.45, 2.75) is 19.4 Å². The van der Waals surface area contributed by atoms with Gasteiger partial charge >= 0.3 is 0 Å². The number of halogens is 1. The minimum Gasteiger partial charge on any atom is -0.337 e. The third kappa shape index (κ3) is 2.47. The van der Waals surface area contributed by atoms with Gasteiger partial charge in [-0.05, 0) is 32.5 Å². The Balaban J connectivity index is 2.17. The molecule has 3 nitrogen and oxygen atoms in total. The van der Waals surface area contributed by atoms with Crippen molar-refractivity contribution < 1.29 is 9.18 Å². The number of hydrogen-bond donors (Lipinski definition) is 1. The van der Waals surface area contributed by atoms with Crippen molar-refractivity contribution in [3.8, 4) is 0 Å². The molecule has 17 heavy (non-hydrogen) atoms. The third-order valence-electron chi connectivity index (χ3n) is 3.24. The van der Waals surface area contributed by atoms with Gasteiger partial charge in [0.25, 0.3) is 5.91 Å². The molecule has 92 valence electrons. The Morgan fingerprint density at radius 1 is 1.53 bits per heavy atom. The largest absolute Gasteiger partial charge is 0.337 e. The number of likely N-dealkylation sites (N-methyl/N-ethyl adjacent to an activating group) is 1. The highest BCUT2D eigenvalue weighted by Crippen LogP contribution is 2.17. The van der Waals surface area contributed by atoms with Gasteiger partial charge in [-0.15, -0.1) is 0 Å². The predicted octanol–water partition coefficient (Wildman–Crippen LogP) is 1.57. The fraction of sp³-hybridized carbons (Fsp3) is 0.462. The highest BCUT2D eigenvalue weighted by Gasteiger charge is 2.27. The first-order chi connectivity index (χ1) is 8.11. The highest BCUT2D eigenvalue weighted by molar-refractivity contribution is 5.94. The van der Waals surface area contributed by atoms with Crippen molar-refractivity contribution >= 4 is 5.91 Å². The van der Waals surface area contributed by atoms with Crippen LogP contribution in [0.25, 0.3) is 0 Å². The summed E-state index contributed by atoms with van der Waals surface area (Å²) in [7, 11) is 1.88. The average molecular weight is 236 g/mol. The van der Waals surface area contributed by atoms with Crippen LogP contribution in [0.3, 0.4) is 0 Å². The normalized spacial score (nSPS) is 19.7. The quantitative estimate of drug-likeness (QED) is 0.845. The Labute approximate surface area is 101 Å². The molecule has 1 heterocycles. The lowest BCUT2D eigenvalue weighted by Gasteiger charge is -2.17. The second kappa shape index (κ2) is 4.84. The van der Waals surface area contributed by atoms with E-state index in [2.05, 4.69) is 5.32 Å². The van der Waals surface area contributed by atoms with Crippen LogP contribution in [-0.4, -0.2) is 37.0 Å². The van der Waals surface area contributed by atoms with E-state index in [0.717, 1.165) is 12.0 Å². The number of nitrogens with one attached hydrogen (secondary N) is 1. The SMILES string of the molecule is CN[C@@H]1CCN(C(=O)c2cc(C)ccc2F)C1. The van der Waals surface area contributed by atoms with E-state index in [1.807, 2.05) is 14.0 Å². The maximum Gasteiger partial charge on any atom is 0.256 e. The van der Waals surface area contributed by atoms with Gasteiger partial charge < -0.3 is 10.2 Å². The minimum absolute atomic E-state index is 0.182. The summed E-state index contributed by atoms with van der Waals surface area (Å²) in [5.74, 6) is -0.641. The van der Waals surface area contributed by atoms with E-state index >= 15 is 0 Å². The van der Waals surface area contributed by atoms with Crippen LogP contribution in [0.1, 0.15) is 22.3 Å². The number of carbonyl (C=O) groups is 1. The molecule has 1 aliphatic rings. The Kier molecular flexibility index (Phi) is 3.43. The van der Waals surface area contributed by atoms with Crippen LogP contribution in [0.2, 0.25) is 0 Å². The molecule has 1 aliphatic heterocycles. The minimum atomic E-state index is -0.437. The fourth-order valence-corrected chi connectivity index (χ4v) is 2.15. The van der Waals surface area contributed by atoms with Gasteiger partial charge in [0, 0.05) is 19.1 Å². The number of rotatable bonds is 2. The number of likely N-dealkylation sites (tertiary alicyclic amines) is 1. The topological polar surface area (TPSA) is 32.3 Å². The van der Waals surface area contributed by atoms with Crippen LogP contribution in [0, 0.1) is 12.7 Å². The van der Waals surface area contributed by atoms with Crippen LogP contribution in [0.15, 0.2) is 18.2 Å². The summed E-state index contributed by atoms with van der Waals surface area (Å²) in [6, 6.07) is 4.97. The zero-order valence-electron chi connectivity index (χ0n) is 10.2. The number of nitrogens with zero attached hydrogens (tertiary/aromatic N) is 1. The van der Waals surface area contributed by atoms with E-state index in [0.29, 0.717) is 19.1 Å². The van der Waals surface area contributed by atoms with Crippen LogP contribution >= 0.6 is 0 Å². The summed E-state index contributed by atoms with van der Waals surface area (Å²) < 4.78 is 13.6. The molecule has 4 heteroatoms. The van der Waals surface area contributed by atoms with Gasteiger partial charge in [-0.3, -0.25) is 4.79 Å². The molecule has 1 N–H and O–H groups in total. The van der Waals surface area contributed by atoms with E-state index < -0.39 is 5.82 Å². The molecular weight excluding hydrogens is 219 g/mol. The first-order valence-electron chi connectivity index (χ1n) is 5.84. The number of hydrogen-bond acceptors (Lipinski definition) is 2. The Morgan fingerprint density at radius 3 is 2.94 bits per heavy atom. The molecule has 1 atom stereocenters. The standard InChI is InChI=1S/C13H17FN2O/c1-9-3-4-12(14)11(7-9)13(17)16-6-5-10(8-16)15-2/h3-4,7,10,15H,5-6,8H2,1-2H3/t10-/m1/s1. The summed E-state index contributed by atoms with van der Waals surface area (Å²) in [5.41, 5.74) is 1.08. The van der Waals surface area contributed by atoms with Gasteiger partial charge in [-0.1, -0.05) is 11.6 Å². The molecule has 0 bridgehead atoms. The van der Waals surface area contributed by atoms with E-state index in [-0.39, 0.29) is 11.5 Å². The van der Waals surface area contributed by atoms with Gasteiger partial charge in [0.2, 0.25) is 0 Å². The summed E-state index contributed by atoms with van der Waals surface area (Å²) in [6.45, 7) is 3.21. The molecule has 0 spiro atoms. The van der Waals surface area contributed by atoms with Gasteiger partial charge in [0.15, 0.2) is 0 Å². The molecule has 2 rings (SSSR count). The van der Waals surface area contributed by atoms with Gasteiger partial charge in [-0.25, -0.2) is 4.39 Å². The molecule has 1 saturated heterocycles. The number of aryl methyl sites for hydroxylation is 1.